The Labute approximate surface area is 413 Å². The zero-order valence-electron chi connectivity index (χ0n) is 31.8. The molecule has 0 saturated heterocycles. The summed E-state index contributed by atoms with van der Waals surface area (Å²) in [5.41, 5.74) is 0.517. The molecule has 24 heteroatoms. The van der Waals surface area contributed by atoms with Crippen LogP contribution in [0.4, 0.5) is 0 Å². The molecular formula is C32H32Na4O16S4. The first kappa shape index (κ1) is 53.7. The van der Waals surface area contributed by atoms with Gasteiger partial charge in [-0.3, -0.25) is 18.2 Å². The van der Waals surface area contributed by atoms with E-state index in [-0.39, 0.29) is 211 Å². The van der Waals surface area contributed by atoms with E-state index in [4.69, 9.17) is 18.9 Å². The molecule has 4 aromatic rings. The van der Waals surface area contributed by atoms with E-state index in [9.17, 15) is 51.9 Å². The largest absolute Gasteiger partial charge is 0.496 e. The van der Waals surface area contributed by atoms with Crippen molar-refractivity contribution in [1.29, 1.82) is 0 Å². The number of hydrogen-bond acceptors (Lipinski definition) is 12. The van der Waals surface area contributed by atoms with E-state index in [1.165, 1.54) is 28.4 Å². The summed E-state index contributed by atoms with van der Waals surface area (Å²) in [6.45, 7) is 0. The van der Waals surface area contributed by atoms with Crippen molar-refractivity contribution >= 4 is 159 Å². The van der Waals surface area contributed by atoms with Crippen LogP contribution in [0.15, 0.2) is 68.1 Å². The van der Waals surface area contributed by atoms with Gasteiger partial charge in [-0.25, -0.2) is 0 Å². The molecule has 1 aliphatic rings. The van der Waals surface area contributed by atoms with Crippen molar-refractivity contribution in [2.75, 3.05) is 28.4 Å². The van der Waals surface area contributed by atoms with Crippen molar-refractivity contribution in [3.05, 3.63) is 93.0 Å². The van der Waals surface area contributed by atoms with Gasteiger partial charge in [-0.1, -0.05) is 0 Å². The van der Waals surface area contributed by atoms with E-state index in [0.717, 1.165) is 48.5 Å². The van der Waals surface area contributed by atoms with Crippen LogP contribution in [-0.4, -0.2) is 199 Å². The van der Waals surface area contributed by atoms with Gasteiger partial charge in [-0.15, -0.1) is 0 Å². The number of methoxy groups -OCH3 is 4. The fourth-order valence-electron chi connectivity index (χ4n) is 6.41. The minimum atomic E-state index is -4.90. The summed E-state index contributed by atoms with van der Waals surface area (Å²) in [5.74, 6) is 0.133. The summed E-state index contributed by atoms with van der Waals surface area (Å²) < 4.78 is 163. The van der Waals surface area contributed by atoms with Crippen LogP contribution in [0.2, 0.25) is 0 Å². The van der Waals surface area contributed by atoms with Crippen LogP contribution < -0.4 is 18.9 Å². The summed E-state index contributed by atoms with van der Waals surface area (Å²) in [6.07, 6.45) is -1.39. The molecule has 0 unspecified atom stereocenters. The standard InChI is InChI=1S/C32H32O16S4.4Na/c1-45-29-17-5-19-11-26(50(36,37)38)13-21(30(19)46-2)7-23-15-28(52(42,43)44)16-24(32(23)48-4)8-22-14-27(51(39,40)41)12-20(31(22)47-3)6-18(29)10-25(9-17)49(33,34)35;;;;/h9-16H,5-8H2,1-4H3,(H,33,34,35)(H,36,37,38)(H,39,40,41)(H,42,43,44);;;;. The van der Waals surface area contributed by atoms with E-state index in [0.29, 0.717) is 0 Å². The first-order valence-corrected chi connectivity index (χ1v) is 20.5. The molecule has 4 aromatic carbocycles. The molecule has 16 nitrogen and oxygen atoms in total. The van der Waals surface area contributed by atoms with Gasteiger partial charge in [-0.05, 0) is 48.5 Å². The molecule has 5 rings (SSSR count). The topological polar surface area (TPSA) is 254 Å². The van der Waals surface area contributed by atoms with Crippen LogP contribution in [0.3, 0.4) is 0 Å². The molecule has 0 atom stereocenters. The molecule has 0 aromatic heterocycles. The van der Waals surface area contributed by atoms with Gasteiger partial charge in [0.1, 0.15) is 23.0 Å². The minimum Gasteiger partial charge on any atom is -0.496 e. The van der Waals surface area contributed by atoms with E-state index in [2.05, 4.69) is 0 Å². The van der Waals surface area contributed by atoms with Gasteiger partial charge in [0.05, 0.1) is 48.0 Å². The minimum absolute atomic E-state index is 0. The molecule has 0 aliphatic heterocycles. The van der Waals surface area contributed by atoms with Crippen molar-refractivity contribution in [3.63, 3.8) is 0 Å². The molecule has 0 fully saturated rings. The molecule has 0 saturated carbocycles. The molecule has 0 amide bonds. The maximum absolute atomic E-state index is 12.5. The number of hydrogen-bond donors (Lipinski definition) is 4. The molecule has 4 radical (unpaired) electrons. The van der Waals surface area contributed by atoms with Crippen molar-refractivity contribution in [2.24, 2.45) is 0 Å². The quantitative estimate of drug-likeness (QED) is 0.128. The van der Waals surface area contributed by atoms with Gasteiger partial charge in [-0.2, -0.15) is 33.7 Å². The molecule has 4 N–H and O–H groups in total. The predicted molar refractivity (Wildman–Crippen MR) is 205 cm³/mol. The Morgan fingerprint density at radius 3 is 0.554 bits per heavy atom. The monoisotopic (exact) mass is 892 g/mol. The molecule has 284 valence electrons. The summed E-state index contributed by atoms with van der Waals surface area (Å²) in [4.78, 5) is -2.42. The molecule has 56 heavy (non-hydrogen) atoms. The normalized spacial score (nSPS) is 12.7. The number of rotatable bonds is 8. The van der Waals surface area contributed by atoms with Gasteiger partial charge < -0.3 is 18.9 Å². The zero-order valence-corrected chi connectivity index (χ0v) is 43.0. The Morgan fingerprint density at radius 2 is 0.464 bits per heavy atom. The van der Waals surface area contributed by atoms with Crippen LogP contribution in [0, 0.1) is 0 Å². The third kappa shape index (κ3) is 12.0. The molecule has 1 aliphatic carbocycles. The van der Waals surface area contributed by atoms with Crippen LogP contribution in [0.1, 0.15) is 44.5 Å². The first-order chi connectivity index (χ1) is 24.1. The SMILES string of the molecule is COc1c2cc(S(=O)(=O)O)cc1Cc1cc(S(=O)(=O)O)cc(c1OC)Cc1cc(S(=O)(=O)O)cc(c1OC)Cc1cc(S(=O)(=O)O)cc(c1OC)C2.[Na].[Na].[Na].[Na]. The van der Waals surface area contributed by atoms with Crippen molar-refractivity contribution in [2.45, 2.75) is 45.3 Å². The molecular weight excluding hydrogens is 861 g/mol. The third-order valence-electron chi connectivity index (χ3n) is 8.40. The average Bonchev–Trinajstić information content (AvgIpc) is 3.02. The number of ether oxygens (including phenoxy) is 4. The van der Waals surface area contributed by atoms with Crippen molar-refractivity contribution < 1.29 is 70.8 Å². The number of fused-ring (bicyclic) bond motifs is 8. The maximum atomic E-state index is 12.5. The fourth-order valence-corrected chi connectivity index (χ4v) is 8.73. The molecule has 0 spiro atoms. The second kappa shape index (κ2) is 20.5. The Balaban J connectivity index is 0.00000392. The Hall–Kier alpha value is -0.280. The van der Waals surface area contributed by atoms with Gasteiger partial charge in [0.15, 0.2) is 0 Å². The summed E-state index contributed by atoms with van der Waals surface area (Å²) in [5, 5.41) is 0. The Morgan fingerprint density at radius 1 is 0.339 bits per heavy atom. The predicted octanol–water partition coefficient (Wildman–Crippen LogP) is 1.86. The van der Waals surface area contributed by atoms with Gasteiger partial charge in [0.25, 0.3) is 40.5 Å². The Bertz CT molecular complexity index is 2130. The van der Waals surface area contributed by atoms with Gasteiger partial charge in [0.2, 0.25) is 0 Å². The van der Waals surface area contributed by atoms with Crippen molar-refractivity contribution in [1.82, 2.24) is 0 Å². The van der Waals surface area contributed by atoms with E-state index in [1.807, 2.05) is 0 Å². The number of benzene rings is 4. The maximum Gasteiger partial charge on any atom is 0.294 e. The Kier molecular flexibility index (Phi) is 19.7. The van der Waals surface area contributed by atoms with Gasteiger partial charge >= 0.3 is 0 Å². The molecule has 0 heterocycles. The summed E-state index contributed by atoms with van der Waals surface area (Å²) in [7, 11) is -14.6. The summed E-state index contributed by atoms with van der Waals surface area (Å²) in [6, 6.07) is 8.57. The second-order valence-corrected chi connectivity index (χ2v) is 17.4. The fraction of sp³-hybridized carbons (Fsp3) is 0.250. The van der Waals surface area contributed by atoms with E-state index >= 15 is 0 Å². The second-order valence-electron chi connectivity index (χ2n) is 11.7. The van der Waals surface area contributed by atoms with Gasteiger partial charge in [0, 0.05) is 188 Å². The first-order valence-electron chi connectivity index (χ1n) is 14.8. The zero-order chi connectivity index (χ0) is 38.6. The van der Waals surface area contributed by atoms with Crippen molar-refractivity contribution in [3.8, 4) is 23.0 Å². The van der Waals surface area contributed by atoms with E-state index in [1.54, 1.807) is 0 Å². The van der Waals surface area contributed by atoms with Crippen LogP contribution in [0.25, 0.3) is 0 Å². The van der Waals surface area contributed by atoms with E-state index < -0.39 is 60.1 Å². The smallest absolute Gasteiger partial charge is 0.294 e. The molecule has 8 bridgehead atoms. The van der Waals surface area contributed by atoms with Crippen LogP contribution in [-0.2, 0) is 66.2 Å². The van der Waals surface area contributed by atoms with Crippen LogP contribution >= 0.6 is 0 Å². The van der Waals surface area contributed by atoms with Crippen LogP contribution in [0.5, 0.6) is 23.0 Å². The third-order valence-corrected chi connectivity index (χ3v) is 11.7. The average molecular weight is 893 g/mol. The summed E-state index contributed by atoms with van der Waals surface area (Å²) >= 11 is 0.